The van der Waals surface area contributed by atoms with Crippen molar-refractivity contribution in [1.29, 1.82) is 0 Å². The SMILES string of the molecule is CC(C)CNC(=O)c1cnn(-c2ccccc2Cl)c1C(C)C. The predicted molar refractivity (Wildman–Crippen MR) is 89.8 cm³/mol. The molecule has 1 aromatic heterocycles. The Kier molecular flexibility index (Phi) is 5.24. The maximum atomic E-state index is 12.4. The van der Waals surface area contributed by atoms with E-state index in [1.807, 2.05) is 38.1 Å². The average molecular weight is 320 g/mol. The molecule has 0 spiro atoms. The van der Waals surface area contributed by atoms with Gasteiger partial charge in [-0.1, -0.05) is 51.4 Å². The molecule has 0 radical (unpaired) electrons. The monoisotopic (exact) mass is 319 g/mol. The van der Waals surface area contributed by atoms with E-state index >= 15 is 0 Å². The van der Waals surface area contributed by atoms with Crippen molar-refractivity contribution in [2.75, 3.05) is 6.54 Å². The summed E-state index contributed by atoms with van der Waals surface area (Å²) in [5.41, 5.74) is 2.26. The Morgan fingerprint density at radius 3 is 2.55 bits per heavy atom. The molecule has 0 bridgehead atoms. The zero-order chi connectivity index (χ0) is 16.3. The molecule has 0 aliphatic rings. The van der Waals surface area contributed by atoms with E-state index in [2.05, 4.69) is 24.3 Å². The molecule has 0 aliphatic carbocycles. The lowest BCUT2D eigenvalue weighted by Crippen LogP contribution is -2.28. The number of nitrogens with zero attached hydrogens (tertiary/aromatic N) is 2. The molecular weight excluding hydrogens is 298 g/mol. The Morgan fingerprint density at radius 2 is 1.95 bits per heavy atom. The second kappa shape index (κ2) is 6.97. The van der Waals surface area contributed by atoms with Gasteiger partial charge in [-0.2, -0.15) is 5.10 Å². The largest absolute Gasteiger partial charge is 0.352 e. The lowest BCUT2D eigenvalue weighted by Gasteiger charge is -2.14. The van der Waals surface area contributed by atoms with Gasteiger partial charge >= 0.3 is 0 Å². The Morgan fingerprint density at radius 1 is 1.27 bits per heavy atom. The van der Waals surface area contributed by atoms with E-state index < -0.39 is 0 Å². The molecule has 5 heteroatoms. The number of nitrogens with one attached hydrogen (secondary N) is 1. The van der Waals surface area contributed by atoms with Gasteiger partial charge in [-0.3, -0.25) is 4.79 Å². The third-order valence-corrected chi connectivity index (χ3v) is 3.67. The van der Waals surface area contributed by atoms with Gasteiger partial charge in [0.2, 0.25) is 0 Å². The molecule has 1 heterocycles. The van der Waals surface area contributed by atoms with E-state index in [9.17, 15) is 4.79 Å². The molecule has 1 aromatic carbocycles. The lowest BCUT2D eigenvalue weighted by molar-refractivity contribution is 0.0947. The molecule has 1 amide bonds. The summed E-state index contributed by atoms with van der Waals surface area (Å²) in [6.07, 6.45) is 1.62. The quantitative estimate of drug-likeness (QED) is 0.904. The number of para-hydroxylation sites is 1. The molecule has 1 N–H and O–H groups in total. The van der Waals surface area contributed by atoms with E-state index in [0.29, 0.717) is 23.0 Å². The highest BCUT2D eigenvalue weighted by atomic mass is 35.5. The molecule has 2 rings (SSSR count). The molecule has 4 nitrogen and oxygen atoms in total. The highest BCUT2D eigenvalue weighted by Gasteiger charge is 2.21. The van der Waals surface area contributed by atoms with Crippen LogP contribution in [0.5, 0.6) is 0 Å². The van der Waals surface area contributed by atoms with Crippen LogP contribution in [0.15, 0.2) is 30.5 Å². The van der Waals surface area contributed by atoms with Crippen molar-refractivity contribution in [2.45, 2.75) is 33.6 Å². The Bertz CT molecular complexity index is 662. The minimum atomic E-state index is -0.0873. The number of amides is 1. The topological polar surface area (TPSA) is 46.9 Å². The van der Waals surface area contributed by atoms with Gasteiger partial charge in [0.1, 0.15) is 0 Å². The first-order valence-electron chi connectivity index (χ1n) is 7.52. The molecule has 0 unspecified atom stereocenters. The predicted octanol–water partition coefficient (Wildman–Crippen LogP) is 4.03. The second-order valence-corrected chi connectivity index (χ2v) is 6.47. The van der Waals surface area contributed by atoms with Gasteiger partial charge in [0.25, 0.3) is 5.91 Å². The summed E-state index contributed by atoms with van der Waals surface area (Å²) >= 11 is 6.27. The van der Waals surface area contributed by atoms with Crippen molar-refractivity contribution in [3.05, 3.63) is 46.7 Å². The molecular formula is C17H22ClN3O. The van der Waals surface area contributed by atoms with Crippen LogP contribution in [0, 0.1) is 5.92 Å². The summed E-state index contributed by atoms with van der Waals surface area (Å²) in [6.45, 7) is 8.87. The Balaban J connectivity index is 2.42. The minimum Gasteiger partial charge on any atom is -0.352 e. The van der Waals surface area contributed by atoms with Gasteiger partial charge in [0.05, 0.1) is 28.2 Å². The lowest BCUT2D eigenvalue weighted by atomic mass is 10.0. The number of carbonyl (C=O) groups excluding carboxylic acids is 1. The molecule has 2 aromatic rings. The van der Waals surface area contributed by atoms with E-state index in [0.717, 1.165) is 11.4 Å². The maximum absolute atomic E-state index is 12.4. The summed E-state index contributed by atoms with van der Waals surface area (Å²) in [6, 6.07) is 7.50. The van der Waals surface area contributed by atoms with Crippen molar-refractivity contribution < 1.29 is 4.79 Å². The van der Waals surface area contributed by atoms with Crippen LogP contribution in [0.4, 0.5) is 0 Å². The molecule has 0 atom stereocenters. The third kappa shape index (κ3) is 3.50. The number of hydrogen-bond acceptors (Lipinski definition) is 2. The third-order valence-electron chi connectivity index (χ3n) is 3.35. The number of halogens is 1. The van der Waals surface area contributed by atoms with E-state index in [1.165, 1.54) is 0 Å². The van der Waals surface area contributed by atoms with Crippen LogP contribution < -0.4 is 5.32 Å². The highest BCUT2D eigenvalue weighted by Crippen LogP contribution is 2.26. The Hall–Kier alpha value is -1.81. The van der Waals surface area contributed by atoms with E-state index in [4.69, 9.17) is 11.6 Å². The van der Waals surface area contributed by atoms with Crippen molar-refractivity contribution >= 4 is 17.5 Å². The number of hydrogen-bond donors (Lipinski definition) is 1. The maximum Gasteiger partial charge on any atom is 0.254 e. The van der Waals surface area contributed by atoms with Crippen LogP contribution in [0.1, 0.15) is 49.7 Å². The summed E-state index contributed by atoms with van der Waals surface area (Å²) in [5, 5.41) is 7.95. The van der Waals surface area contributed by atoms with E-state index in [-0.39, 0.29) is 11.8 Å². The van der Waals surface area contributed by atoms with Crippen molar-refractivity contribution in [2.24, 2.45) is 5.92 Å². The van der Waals surface area contributed by atoms with Gasteiger partial charge < -0.3 is 5.32 Å². The van der Waals surface area contributed by atoms with Gasteiger partial charge in [-0.15, -0.1) is 0 Å². The van der Waals surface area contributed by atoms with Crippen LogP contribution in [0.2, 0.25) is 5.02 Å². The van der Waals surface area contributed by atoms with Crippen molar-refractivity contribution in [3.63, 3.8) is 0 Å². The van der Waals surface area contributed by atoms with Crippen LogP contribution >= 0.6 is 11.6 Å². The number of aromatic nitrogens is 2. The number of benzene rings is 1. The summed E-state index contributed by atoms with van der Waals surface area (Å²) in [5.74, 6) is 0.472. The van der Waals surface area contributed by atoms with Crippen LogP contribution in [-0.2, 0) is 0 Å². The Labute approximate surface area is 136 Å². The van der Waals surface area contributed by atoms with Crippen molar-refractivity contribution in [3.8, 4) is 5.69 Å². The van der Waals surface area contributed by atoms with Gasteiger partial charge in [0.15, 0.2) is 0 Å². The first-order chi connectivity index (χ1) is 10.4. The fraction of sp³-hybridized carbons (Fsp3) is 0.412. The summed E-state index contributed by atoms with van der Waals surface area (Å²) in [7, 11) is 0. The molecule has 0 fully saturated rings. The van der Waals surface area contributed by atoms with E-state index in [1.54, 1.807) is 10.9 Å². The number of carbonyl (C=O) groups is 1. The van der Waals surface area contributed by atoms with Crippen LogP contribution in [-0.4, -0.2) is 22.2 Å². The number of rotatable bonds is 5. The van der Waals surface area contributed by atoms with Gasteiger partial charge in [-0.05, 0) is 24.0 Å². The molecule has 0 saturated heterocycles. The van der Waals surface area contributed by atoms with Crippen LogP contribution in [0.3, 0.4) is 0 Å². The van der Waals surface area contributed by atoms with Crippen LogP contribution in [0.25, 0.3) is 5.69 Å². The van der Waals surface area contributed by atoms with Gasteiger partial charge in [0, 0.05) is 6.54 Å². The normalized spacial score (nSPS) is 11.2. The zero-order valence-corrected chi connectivity index (χ0v) is 14.2. The molecule has 118 valence electrons. The second-order valence-electron chi connectivity index (χ2n) is 6.07. The zero-order valence-electron chi connectivity index (χ0n) is 13.4. The average Bonchev–Trinajstić information content (AvgIpc) is 2.90. The fourth-order valence-corrected chi connectivity index (χ4v) is 2.51. The molecule has 22 heavy (non-hydrogen) atoms. The summed E-state index contributed by atoms with van der Waals surface area (Å²) < 4.78 is 1.76. The molecule has 0 aliphatic heterocycles. The van der Waals surface area contributed by atoms with Gasteiger partial charge in [-0.25, -0.2) is 4.68 Å². The first kappa shape index (κ1) is 16.6. The standard InChI is InChI=1S/C17H22ClN3O/c1-11(2)9-19-17(22)13-10-20-21(16(13)12(3)4)15-8-6-5-7-14(15)18/h5-8,10-12H,9H2,1-4H3,(H,19,22). The highest BCUT2D eigenvalue weighted by molar-refractivity contribution is 6.32. The smallest absolute Gasteiger partial charge is 0.254 e. The minimum absolute atomic E-state index is 0.0873. The van der Waals surface area contributed by atoms with Crippen molar-refractivity contribution in [1.82, 2.24) is 15.1 Å². The first-order valence-corrected chi connectivity index (χ1v) is 7.90. The summed E-state index contributed by atoms with van der Waals surface area (Å²) in [4.78, 5) is 12.4. The fourth-order valence-electron chi connectivity index (χ4n) is 2.30. The molecule has 0 saturated carbocycles.